The van der Waals surface area contributed by atoms with E-state index in [1.54, 1.807) is 24.5 Å². The van der Waals surface area contributed by atoms with Crippen LogP contribution in [0.3, 0.4) is 0 Å². The fourth-order valence-corrected chi connectivity index (χ4v) is 1.85. The summed E-state index contributed by atoms with van der Waals surface area (Å²) in [5.41, 5.74) is 1.45. The molecule has 0 bridgehead atoms. The normalized spacial score (nSPS) is 11.5. The zero-order valence-electron chi connectivity index (χ0n) is 9.33. The molecular weight excluding hydrogens is 236 g/mol. The van der Waals surface area contributed by atoms with Gasteiger partial charge in [-0.25, -0.2) is 4.98 Å². The van der Waals surface area contributed by atoms with E-state index in [1.165, 1.54) is 0 Å². The lowest BCUT2D eigenvalue weighted by Crippen LogP contribution is -1.97. The summed E-state index contributed by atoms with van der Waals surface area (Å²) in [4.78, 5) is 4.13. The molecule has 17 heavy (non-hydrogen) atoms. The molecule has 2 rings (SSSR count). The number of oxime groups is 1. The molecule has 0 aliphatic heterocycles. The summed E-state index contributed by atoms with van der Waals surface area (Å²) in [6, 6.07) is 7.40. The third kappa shape index (κ3) is 3.04. The second kappa shape index (κ2) is 5.45. The summed E-state index contributed by atoms with van der Waals surface area (Å²) in [7, 11) is 0. The van der Waals surface area contributed by atoms with Crippen LogP contribution in [0.25, 0.3) is 0 Å². The standard InChI is InChI=1S/C12H12N2O2S/c1-9(14-15)10-2-4-11(5-3-10)16-8-12-13-6-7-17-12/h2-7,15H,8H2,1H3. The van der Waals surface area contributed by atoms with Crippen LogP contribution in [0, 0.1) is 0 Å². The summed E-state index contributed by atoms with van der Waals surface area (Å²) >= 11 is 1.57. The zero-order chi connectivity index (χ0) is 12.1. The lowest BCUT2D eigenvalue weighted by Gasteiger charge is -2.04. The zero-order valence-corrected chi connectivity index (χ0v) is 10.1. The van der Waals surface area contributed by atoms with E-state index in [2.05, 4.69) is 10.1 Å². The Balaban J connectivity index is 1.99. The van der Waals surface area contributed by atoms with Crippen molar-refractivity contribution in [3.63, 3.8) is 0 Å². The highest BCUT2D eigenvalue weighted by molar-refractivity contribution is 7.09. The summed E-state index contributed by atoms with van der Waals surface area (Å²) in [5, 5.41) is 14.6. The first-order valence-electron chi connectivity index (χ1n) is 5.10. The number of thiazole rings is 1. The first-order valence-corrected chi connectivity index (χ1v) is 5.98. The van der Waals surface area contributed by atoms with Crippen molar-refractivity contribution in [2.45, 2.75) is 13.5 Å². The van der Waals surface area contributed by atoms with Gasteiger partial charge in [0.15, 0.2) is 0 Å². The van der Waals surface area contributed by atoms with Crippen LogP contribution in [0.1, 0.15) is 17.5 Å². The highest BCUT2D eigenvalue weighted by Crippen LogP contribution is 2.15. The summed E-state index contributed by atoms with van der Waals surface area (Å²) < 4.78 is 5.56. The Labute approximate surface area is 103 Å². The van der Waals surface area contributed by atoms with Gasteiger partial charge in [0.1, 0.15) is 17.4 Å². The molecule has 0 fully saturated rings. The van der Waals surface area contributed by atoms with Crippen LogP contribution in [0.4, 0.5) is 0 Å². The third-order valence-electron chi connectivity index (χ3n) is 2.27. The van der Waals surface area contributed by atoms with E-state index in [0.29, 0.717) is 12.3 Å². The molecule has 5 heteroatoms. The Morgan fingerprint density at radius 1 is 1.41 bits per heavy atom. The predicted octanol–water partition coefficient (Wildman–Crippen LogP) is 2.92. The average molecular weight is 248 g/mol. The van der Waals surface area contributed by atoms with Crippen molar-refractivity contribution in [1.29, 1.82) is 0 Å². The molecule has 0 radical (unpaired) electrons. The molecule has 0 aliphatic rings. The molecule has 1 aromatic heterocycles. The van der Waals surface area contributed by atoms with Crippen molar-refractivity contribution >= 4 is 17.0 Å². The Kier molecular flexibility index (Phi) is 3.72. The van der Waals surface area contributed by atoms with Gasteiger partial charge in [-0.3, -0.25) is 0 Å². The van der Waals surface area contributed by atoms with E-state index in [4.69, 9.17) is 9.94 Å². The van der Waals surface area contributed by atoms with E-state index >= 15 is 0 Å². The van der Waals surface area contributed by atoms with Gasteiger partial charge in [0.2, 0.25) is 0 Å². The van der Waals surface area contributed by atoms with Crippen LogP contribution in [-0.4, -0.2) is 15.9 Å². The Morgan fingerprint density at radius 2 is 2.18 bits per heavy atom. The van der Waals surface area contributed by atoms with Crippen molar-refractivity contribution in [2.24, 2.45) is 5.16 Å². The lowest BCUT2D eigenvalue weighted by atomic mass is 10.1. The summed E-state index contributed by atoms with van der Waals surface area (Å²) in [6.45, 7) is 2.22. The molecule has 0 unspecified atom stereocenters. The van der Waals surface area contributed by atoms with Crippen LogP contribution >= 0.6 is 11.3 Å². The largest absolute Gasteiger partial charge is 0.486 e. The van der Waals surface area contributed by atoms with Crippen molar-refractivity contribution in [2.75, 3.05) is 0 Å². The fraction of sp³-hybridized carbons (Fsp3) is 0.167. The van der Waals surface area contributed by atoms with Gasteiger partial charge >= 0.3 is 0 Å². The SMILES string of the molecule is CC(=NO)c1ccc(OCc2nccs2)cc1. The molecule has 2 aromatic rings. The van der Waals surface area contributed by atoms with Crippen LogP contribution in [0.5, 0.6) is 5.75 Å². The maximum atomic E-state index is 8.64. The van der Waals surface area contributed by atoms with Crippen LogP contribution < -0.4 is 4.74 Å². The van der Waals surface area contributed by atoms with Crippen molar-refractivity contribution in [3.05, 3.63) is 46.4 Å². The van der Waals surface area contributed by atoms with Crippen LogP contribution in [-0.2, 0) is 6.61 Å². The van der Waals surface area contributed by atoms with Crippen LogP contribution in [0.15, 0.2) is 41.0 Å². The number of hydrogen-bond acceptors (Lipinski definition) is 5. The van der Waals surface area contributed by atoms with Gasteiger partial charge in [0.25, 0.3) is 0 Å². The van der Waals surface area contributed by atoms with Gasteiger partial charge in [0.05, 0.1) is 5.71 Å². The molecule has 1 aromatic carbocycles. The van der Waals surface area contributed by atoms with E-state index < -0.39 is 0 Å². The fourth-order valence-electron chi connectivity index (χ4n) is 1.32. The molecule has 0 aliphatic carbocycles. The number of ether oxygens (including phenoxy) is 1. The minimum Gasteiger partial charge on any atom is -0.486 e. The smallest absolute Gasteiger partial charge is 0.140 e. The van der Waals surface area contributed by atoms with Gasteiger partial charge in [-0.2, -0.15) is 0 Å². The molecular formula is C12H12N2O2S. The van der Waals surface area contributed by atoms with Gasteiger partial charge < -0.3 is 9.94 Å². The van der Waals surface area contributed by atoms with Crippen molar-refractivity contribution in [1.82, 2.24) is 4.98 Å². The Morgan fingerprint density at radius 3 is 2.76 bits per heavy atom. The van der Waals surface area contributed by atoms with Gasteiger partial charge in [-0.1, -0.05) is 5.16 Å². The average Bonchev–Trinajstić information content (AvgIpc) is 2.89. The van der Waals surface area contributed by atoms with Crippen molar-refractivity contribution < 1.29 is 9.94 Å². The maximum absolute atomic E-state index is 8.64. The second-order valence-electron chi connectivity index (χ2n) is 3.42. The Hall–Kier alpha value is -1.88. The molecule has 0 atom stereocenters. The Bertz CT molecular complexity index is 492. The second-order valence-corrected chi connectivity index (χ2v) is 4.40. The summed E-state index contributed by atoms with van der Waals surface area (Å²) in [5.74, 6) is 0.773. The molecule has 1 heterocycles. The van der Waals surface area contributed by atoms with E-state index in [9.17, 15) is 0 Å². The first-order chi connectivity index (χ1) is 8.29. The highest BCUT2D eigenvalue weighted by Gasteiger charge is 2.00. The van der Waals surface area contributed by atoms with Gasteiger partial charge in [-0.15, -0.1) is 11.3 Å². The molecule has 88 valence electrons. The van der Waals surface area contributed by atoms with Gasteiger partial charge in [-0.05, 0) is 36.8 Å². The minimum atomic E-state index is 0.476. The third-order valence-corrected chi connectivity index (χ3v) is 3.02. The number of aromatic nitrogens is 1. The number of benzene rings is 1. The number of rotatable bonds is 4. The summed E-state index contributed by atoms with van der Waals surface area (Å²) in [6.07, 6.45) is 1.76. The maximum Gasteiger partial charge on any atom is 0.140 e. The number of nitrogens with zero attached hydrogens (tertiary/aromatic N) is 2. The van der Waals surface area contributed by atoms with Crippen molar-refractivity contribution in [3.8, 4) is 5.75 Å². The molecule has 0 amide bonds. The van der Waals surface area contributed by atoms with E-state index in [0.717, 1.165) is 16.3 Å². The molecule has 0 saturated heterocycles. The van der Waals surface area contributed by atoms with Crippen LogP contribution in [0.2, 0.25) is 0 Å². The molecule has 0 saturated carbocycles. The highest BCUT2D eigenvalue weighted by atomic mass is 32.1. The molecule has 1 N–H and O–H groups in total. The monoisotopic (exact) mass is 248 g/mol. The quantitative estimate of drug-likeness (QED) is 0.514. The minimum absolute atomic E-state index is 0.476. The van der Waals surface area contributed by atoms with E-state index in [-0.39, 0.29) is 0 Å². The molecule has 0 spiro atoms. The first kappa shape index (κ1) is 11.6. The lowest BCUT2D eigenvalue weighted by molar-refractivity contribution is 0.305. The molecule has 4 nitrogen and oxygen atoms in total. The topological polar surface area (TPSA) is 54.7 Å². The predicted molar refractivity (Wildman–Crippen MR) is 66.9 cm³/mol. The van der Waals surface area contributed by atoms with Gasteiger partial charge in [0, 0.05) is 11.6 Å². The number of hydrogen-bond donors (Lipinski definition) is 1. The van der Waals surface area contributed by atoms with E-state index in [1.807, 2.05) is 29.6 Å².